The number of thioether (sulfide) groups is 1. The third-order valence-electron chi connectivity index (χ3n) is 3.00. The van der Waals surface area contributed by atoms with E-state index < -0.39 is 5.60 Å². The molecule has 18 heavy (non-hydrogen) atoms. The van der Waals surface area contributed by atoms with Crippen LogP contribution in [0.1, 0.15) is 33.6 Å². The molecule has 1 aromatic carbocycles. The number of hydrogen-bond acceptors (Lipinski definition) is 3. The predicted octanol–water partition coefficient (Wildman–Crippen LogP) is 3.29. The molecule has 0 heterocycles. The Kier molecular flexibility index (Phi) is 5.69. The van der Waals surface area contributed by atoms with E-state index in [1.165, 1.54) is 6.92 Å². The van der Waals surface area contributed by atoms with Crippen LogP contribution in [0.15, 0.2) is 29.2 Å². The monoisotopic (exact) mass is 267 g/mol. The number of carbonyl (C=O) groups is 1. The fourth-order valence-electron chi connectivity index (χ4n) is 1.51. The van der Waals surface area contributed by atoms with Gasteiger partial charge >= 0.3 is 0 Å². The van der Waals surface area contributed by atoms with Crippen molar-refractivity contribution in [3.63, 3.8) is 0 Å². The molecular weight excluding hydrogens is 246 g/mol. The lowest BCUT2D eigenvalue weighted by Gasteiger charge is -2.24. The molecule has 1 rings (SSSR count). The van der Waals surface area contributed by atoms with Gasteiger partial charge in [0.2, 0.25) is 5.91 Å². The van der Waals surface area contributed by atoms with Gasteiger partial charge in [0.05, 0.1) is 5.60 Å². The molecule has 0 radical (unpaired) electrons. The molecule has 0 fully saturated rings. The Hall–Kier alpha value is -1.00. The van der Waals surface area contributed by atoms with E-state index in [2.05, 4.69) is 5.32 Å². The minimum Gasteiger partial charge on any atom is -0.389 e. The average molecular weight is 267 g/mol. The van der Waals surface area contributed by atoms with Gasteiger partial charge in [0.15, 0.2) is 0 Å². The van der Waals surface area contributed by atoms with E-state index in [1.54, 1.807) is 11.8 Å². The van der Waals surface area contributed by atoms with Gasteiger partial charge in [-0.1, -0.05) is 13.8 Å². The molecule has 0 atom stereocenters. The summed E-state index contributed by atoms with van der Waals surface area (Å²) < 4.78 is 0. The Bertz CT molecular complexity index is 385. The number of amides is 1. The summed E-state index contributed by atoms with van der Waals surface area (Å²) in [6.07, 6.45) is 1.53. The van der Waals surface area contributed by atoms with Gasteiger partial charge in [0.1, 0.15) is 0 Å². The van der Waals surface area contributed by atoms with Crippen LogP contribution in [0.2, 0.25) is 0 Å². The normalized spacial score (nSPS) is 11.3. The summed E-state index contributed by atoms with van der Waals surface area (Å²) in [4.78, 5) is 12.0. The van der Waals surface area contributed by atoms with Crippen molar-refractivity contribution >= 4 is 23.4 Å². The molecule has 1 aromatic rings. The molecule has 3 nitrogen and oxygen atoms in total. The summed E-state index contributed by atoms with van der Waals surface area (Å²) in [6, 6.07) is 7.67. The first-order chi connectivity index (χ1) is 8.49. The minimum absolute atomic E-state index is 0.0678. The van der Waals surface area contributed by atoms with Crippen molar-refractivity contribution in [2.24, 2.45) is 0 Å². The highest BCUT2D eigenvalue weighted by Crippen LogP contribution is 2.27. The van der Waals surface area contributed by atoms with Crippen molar-refractivity contribution in [2.75, 3.05) is 11.1 Å². The zero-order valence-electron chi connectivity index (χ0n) is 11.2. The van der Waals surface area contributed by atoms with Crippen LogP contribution in [0.25, 0.3) is 0 Å². The van der Waals surface area contributed by atoms with Crippen LogP contribution in [0.3, 0.4) is 0 Å². The van der Waals surface area contributed by atoms with Gasteiger partial charge in [0.25, 0.3) is 0 Å². The van der Waals surface area contributed by atoms with Gasteiger partial charge in [-0.25, -0.2) is 0 Å². The second-order valence-electron chi connectivity index (χ2n) is 4.43. The average Bonchev–Trinajstić information content (AvgIpc) is 2.37. The molecule has 0 aliphatic carbocycles. The first-order valence-electron chi connectivity index (χ1n) is 6.22. The summed E-state index contributed by atoms with van der Waals surface area (Å²) >= 11 is 1.64. The van der Waals surface area contributed by atoms with Crippen molar-refractivity contribution in [3.05, 3.63) is 24.3 Å². The summed E-state index contributed by atoms with van der Waals surface area (Å²) in [5.41, 5.74) is 0.217. The lowest BCUT2D eigenvalue weighted by atomic mass is 10.0. The molecule has 0 saturated heterocycles. The fourth-order valence-corrected chi connectivity index (χ4v) is 2.68. The second-order valence-corrected chi connectivity index (χ2v) is 5.47. The fraction of sp³-hybridized carbons (Fsp3) is 0.500. The van der Waals surface area contributed by atoms with Crippen LogP contribution in [-0.2, 0) is 4.79 Å². The van der Waals surface area contributed by atoms with Gasteiger partial charge in [0, 0.05) is 23.3 Å². The third-order valence-corrected chi connectivity index (χ3v) is 4.29. The molecule has 0 aliphatic rings. The number of carbonyl (C=O) groups excluding carboxylic acids is 1. The highest BCUT2D eigenvalue weighted by atomic mass is 32.2. The summed E-state index contributed by atoms with van der Waals surface area (Å²) in [7, 11) is 0. The van der Waals surface area contributed by atoms with E-state index in [0.717, 1.165) is 23.4 Å². The molecule has 2 N–H and O–H groups in total. The number of nitrogens with one attached hydrogen (secondary N) is 1. The molecule has 1 amide bonds. The van der Waals surface area contributed by atoms with Crippen LogP contribution in [0.4, 0.5) is 5.69 Å². The SMILES string of the molecule is CCC(O)(CC)CSc1ccc(NC(C)=O)cc1. The molecule has 0 saturated carbocycles. The van der Waals surface area contributed by atoms with E-state index in [4.69, 9.17) is 0 Å². The molecule has 0 unspecified atom stereocenters. The van der Waals surface area contributed by atoms with Gasteiger partial charge in [-0.3, -0.25) is 4.79 Å². The van der Waals surface area contributed by atoms with E-state index in [1.807, 2.05) is 38.1 Å². The Morgan fingerprint density at radius 3 is 2.28 bits per heavy atom. The van der Waals surface area contributed by atoms with Crippen molar-refractivity contribution in [1.29, 1.82) is 0 Å². The van der Waals surface area contributed by atoms with Gasteiger partial charge in [-0.05, 0) is 37.1 Å². The van der Waals surface area contributed by atoms with Crippen molar-refractivity contribution in [3.8, 4) is 0 Å². The van der Waals surface area contributed by atoms with Gasteiger partial charge < -0.3 is 10.4 Å². The largest absolute Gasteiger partial charge is 0.389 e. The van der Waals surface area contributed by atoms with Crippen LogP contribution in [0, 0.1) is 0 Å². The van der Waals surface area contributed by atoms with Crippen molar-refractivity contribution in [2.45, 2.75) is 44.1 Å². The number of benzene rings is 1. The van der Waals surface area contributed by atoms with E-state index in [-0.39, 0.29) is 5.91 Å². The molecule has 4 heteroatoms. The third kappa shape index (κ3) is 4.70. The lowest BCUT2D eigenvalue weighted by Crippen LogP contribution is -2.29. The Morgan fingerprint density at radius 1 is 1.28 bits per heavy atom. The van der Waals surface area contributed by atoms with Crippen molar-refractivity contribution in [1.82, 2.24) is 0 Å². The van der Waals surface area contributed by atoms with Crippen molar-refractivity contribution < 1.29 is 9.90 Å². The number of anilines is 1. The van der Waals surface area contributed by atoms with Crippen LogP contribution in [-0.4, -0.2) is 22.4 Å². The highest BCUT2D eigenvalue weighted by molar-refractivity contribution is 7.99. The first-order valence-corrected chi connectivity index (χ1v) is 7.20. The summed E-state index contributed by atoms with van der Waals surface area (Å²) in [5, 5.41) is 12.9. The number of aliphatic hydroxyl groups is 1. The Morgan fingerprint density at radius 2 is 1.83 bits per heavy atom. The molecular formula is C14H21NO2S. The highest BCUT2D eigenvalue weighted by Gasteiger charge is 2.21. The standard InChI is InChI=1S/C14H21NO2S/c1-4-14(17,5-2)10-18-13-8-6-12(7-9-13)15-11(3)16/h6-9,17H,4-5,10H2,1-3H3,(H,15,16). The van der Waals surface area contributed by atoms with E-state index in [9.17, 15) is 9.90 Å². The Labute approximate surface area is 113 Å². The first kappa shape index (κ1) is 15.1. The molecule has 0 spiro atoms. The smallest absolute Gasteiger partial charge is 0.221 e. The molecule has 0 aromatic heterocycles. The number of hydrogen-bond donors (Lipinski definition) is 2. The quantitative estimate of drug-likeness (QED) is 0.778. The summed E-state index contributed by atoms with van der Waals surface area (Å²) in [6.45, 7) is 5.50. The van der Waals surface area contributed by atoms with E-state index >= 15 is 0 Å². The van der Waals surface area contributed by atoms with Crippen LogP contribution in [0.5, 0.6) is 0 Å². The number of rotatable bonds is 6. The predicted molar refractivity (Wildman–Crippen MR) is 77.0 cm³/mol. The maximum atomic E-state index is 10.9. The van der Waals surface area contributed by atoms with Crippen LogP contribution >= 0.6 is 11.8 Å². The lowest BCUT2D eigenvalue weighted by molar-refractivity contribution is -0.114. The molecule has 100 valence electrons. The zero-order chi connectivity index (χ0) is 13.6. The zero-order valence-corrected chi connectivity index (χ0v) is 12.0. The van der Waals surface area contributed by atoms with Gasteiger partial charge in [-0.2, -0.15) is 0 Å². The Balaban J connectivity index is 2.56. The topological polar surface area (TPSA) is 49.3 Å². The summed E-state index contributed by atoms with van der Waals surface area (Å²) in [5.74, 6) is 0.626. The van der Waals surface area contributed by atoms with Gasteiger partial charge in [-0.15, -0.1) is 11.8 Å². The van der Waals surface area contributed by atoms with Crippen LogP contribution < -0.4 is 5.32 Å². The molecule has 0 aliphatic heterocycles. The van der Waals surface area contributed by atoms with E-state index in [0.29, 0.717) is 5.75 Å². The molecule has 0 bridgehead atoms. The minimum atomic E-state index is -0.582. The maximum absolute atomic E-state index is 10.9. The maximum Gasteiger partial charge on any atom is 0.221 e. The second kappa shape index (κ2) is 6.81.